The van der Waals surface area contributed by atoms with Crippen molar-refractivity contribution < 1.29 is 4.74 Å². The summed E-state index contributed by atoms with van der Waals surface area (Å²) in [6, 6.07) is 0. The molecule has 1 saturated heterocycles. The van der Waals surface area contributed by atoms with Crippen molar-refractivity contribution in [2.45, 2.75) is 57.2 Å². The SMILES string of the molecule is CC[C@@H]1CCC[C@@]12CC[C@H](CN=[N+]=[N-])O2. The quantitative estimate of drug-likeness (QED) is 0.399. The van der Waals surface area contributed by atoms with Crippen LogP contribution in [0.2, 0.25) is 0 Å². The lowest BCUT2D eigenvalue weighted by molar-refractivity contribution is -0.0631. The number of hydrogen-bond acceptors (Lipinski definition) is 2. The van der Waals surface area contributed by atoms with Crippen LogP contribution in [-0.4, -0.2) is 18.2 Å². The highest BCUT2D eigenvalue weighted by Gasteiger charge is 2.47. The van der Waals surface area contributed by atoms with Crippen LogP contribution in [0, 0.1) is 5.92 Å². The van der Waals surface area contributed by atoms with Gasteiger partial charge in [-0.25, -0.2) is 0 Å². The minimum atomic E-state index is 0.143. The third-order valence-electron chi connectivity index (χ3n) is 4.03. The Balaban J connectivity index is 1.97. The van der Waals surface area contributed by atoms with Crippen LogP contribution >= 0.6 is 0 Å². The van der Waals surface area contributed by atoms with Crippen LogP contribution in [0.4, 0.5) is 0 Å². The van der Waals surface area contributed by atoms with Gasteiger partial charge in [0.2, 0.25) is 0 Å². The molecule has 84 valence electrons. The smallest absolute Gasteiger partial charge is 0.0715 e. The summed E-state index contributed by atoms with van der Waals surface area (Å²) in [5.74, 6) is 0.730. The first-order chi connectivity index (χ1) is 7.30. The lowest BCUT2D eigenvalue weighted by Gasteiger charge is -2.30. The molecule has 3 atom stereocenters. The molecule has 1 spiro atoms. The first-order valence-corrected chi connectivity index (χ1v) is 5.99. The van der Waals surface area contributed by atoms with Gasteiger partial charge < -0.3 is 4.74 Å². The Morgan fingerprint density at radius 1 is 1.47 bits per heavy atom. The molecule has 0 aromatic rings. The molecule has 4 heteroatoms. The van der Waals surface area contributed by atoms with Crippen molar-refractivity contribution in [1.29, 1.82) is 0 Å². The van der Waals surface area contributed by atoms with Gasteiger partial charge in [-0.1, -0.05) is 24.9 Å². The van der Waals surface area contributed by atoms with E-state index in [1.807, 2.05) is 0 Å². The third kappa shape index (κ3) is 1.97. The monoisotopic (exact) mass is 209 g/mol. The van der Waals surface area contributed by atoms with E-state index in [9.17, 15) is 0 Å². The van der Waals surface area contributed by atoms with Crippen LogP contribution in [-0.2, 0) is 4.74 Å². The molecule has 15 heavy (non-hydrogen) atoms. The molecule has 0 amide bonds. The van der Waals surface area contributed by atoms with E-state index in [-0.39, 0.29) is 11.7 Å². The Morgan fingerprint density at radius 3 is 3.07 bits per heavy atom. The van der Waals surface area contributed by atoms with Crippen molar-refractivity contribution in [3.63, 3.8) is 0 Å². The Labute approximate surface area is 90.6 Å². The molecule has 0 unspecified atom stereocenters. The zero-order valence-corrected chi connectivity index (χ0v) is 9.35. The van der Waals surface area contributed by atoms with Gasteiger partial charge in [-0.15, -0.1) is 0 Å². The number of nitrogens with zero attached hydrogens (tertiary/aromatic N) is 3. The van der Waals surface area contributed by atoms with Gasteiger partial charge in [-0.05, 0) is 37.1 Å². The maximum absolute atomic E-state index is 8.28. The van der Waals surface area contributed by atoms with Crippen LogP contribution < -0.4 is 0 Å². The van der Waals surface area contributed by atoms with E-state index in [0.717, 1.165) is 18.8 Å². The Hall–Kier alpha value is -0.730. The molecule has 4 nitrogen and oxygen atoms in total. The zero-order valence-electron chi connectivity index (χ0n) is 9.35. The molecule has 1 heterocycles. The maximum Gasteiger partial charge on any atom is 0.0715 e. The number of azide groups is 1. The molecule has 2 aliphatic rings. The number of rotatable bonds is 3. The normalized spacial score (nSPS) is 39.5. The van der Waals surface area contributed by atoms with E-state index in [2.05, 4.69) is 16.9 Å². The molecule has 1 saturated carbocycles. The summed E-state index contributed by atoms with van der Waals surface area (Å²) >= 11 is 0. The van der Waals surface area contributed by atoms with Crippen molar-refractivity contribution in [2.24, 2.45) is 11.0 Å². The van der Waals surface area contributed by atoms with Gasteiger partial charge in [0.25, 0.3) is 0 Å². The van der Waals surface area contributed by atoms with Gasteiger partial charge in [0.05, 0.1) is 18.2 Å². The van der Waals surface area contributed by atoms with Gasteiger partial charge in [-0.2, -0.15) is 0 Å². The van der Waals surface area contributed by atoms with Crippen molar-refractivity contribution >= 4 is 0 Å². The minimum absolute atomic E-state index is 0.143. The fourth-order valence-corrected chi connectivity index (χ4v) is 3.29. The first-order valence-electron chi connectivity index (χ1n) is 5.99. The van der Waals surface area contributed by atoms with Crippen LogP contribution in [0.1, 0.15) is 45.4 Å². The van der Waals surface area contributed by atoms with E-state index in [1.54, 1.807) is 0 Å². The van der Waals surface area contributed by atoms with Crippen molar-refractivity contribution in [2.75, 3.05) is 6.54 Å². The molecular formula is C11H19N3O. The summed E-state index contributed by atoms with van der Waals surface area (Å²) in [5.41, 5.74) is 8.43. The number of hydrogen-bond donors (Lipinski definition) is 0. The fraction of sp³-hybridized carbons (Fsp3) is 1.00. The largest absolute Gasteiger partial charge is 0.371 e. The first kappa shape index (κ1) is 10.8. The summed E-state index contributed by atoms with van der Waals surface area (Å²) in [6.07, 6.45) is 7.43. The van der Waals surface area contributed by atoms with E-state index in [0.29, 0.717) is 6.54 Å². The van der Waals surface area contributed by atoms with Crippen molar-refractivity contribution in [3.8, 4) is 0 Å². The summed E-state index contributed by atoms with van der Waals surface area (Å²) < 4.78 is 6.15. The molecule has 2 rings (SSSR count). The highest BCUT2D eigenvalue weighted by Crippen LogP contribution is 2.48. The summed E-state index contributed by atoms with van der Waals surface area (Å²) in [7, 11) is 0. The lowest BCUT2D eigenvalue weighted by atomic mass is 9.86. The molecule has 1 aliphatic carbocycles. The maximum atomic E-state index is 8.28. The van der Waals surface area contributed by atoms with E-state index >= 15 is 0 Å². The Bertz CT molecular complexity index is 275. The predicted octanol–water partition coefficient (Wildman–Crippen LogP) is 3.42. The molecule has 1 aliphatic heterocycles. The van der Waals surface area contributed by atoms with Crippen LogP contribution in [0.5, 0.6) is 0 Å². The summed E-state index contributed by atoms with van der Waals surface area (Å²) in [6.45, 7) is 2.76. The van der Waals surface area contributed by atoms with E-state index in [4.69, 9.17) is 10.3 Å². The van der Waals surface area contributed by atoms with Gasteiger partial charge >= 0.3 is 0 Å². The Morgan fingerprint density at radius 2 is 2.33 bits per heavy atom. The van der Waals surface area contributed by atoms with Crippen LogP contribution in [0.3, 0.4) is 0 Å². The second-order valence-corrected chi connectivity index (χ2v) is 4.75. The fourth-order valence-electron chi connectivity index (χ4n) is 3.29. The van der Waals surface area contributed by atoms with Crippen LogP contribution in [0.15, 0.2) is 5.11 Å². The molecule has 2 fully saturated rings. The highest BCUT2D eigenvalue weighted by molar-refractivity contribution is 4.98. The third-order valence-corrected chi connectivity index (χ3v) is 4.03. The van der Waals surface area contributed by atoms with E-state index in [1.165, 1.54) is 25.7 Å². The predicted molar refractivity (Wildman–Crippen MR) is 58.5 cm³/mol. The molecular weight excluding hydrogens is 190 g/mol. The molecule has 0 radical (unpaired) electrons. The summed E-state index contributed by atoms with van der Waals surface area (Å²) in [5, 5.41) is 3.61. The topological polar surface area (TPSA) is 58.0 Å². The Kier molecular flexibility index (Phi) is 3.17. The van der Waals surface area contributed by atoms with Crippen LogP contribution in [0.25, 0.3) is 10.4 Å². The van der Waals surface area contributed by atoms with Gasteiger partial charge in [0.15, 0.2) is 0 Å². The molecule has 0 aromatic heterocycles. The second-order valence-electron chi connectivity index (χ2n) is 4.75. The average molecular weight is 209 g/mol. The van der Waals surface area contributed by atoms with Gasteiger partial charge in [0, 0.05) is 4.91 Å². The standard InChI is InChI=1S/C11H19N3O/c1-2-9-4-3-6-11(9)7-5-10(15-11)8-13-14-12/h9-10H,2-8H2,1H3/t9-,10-,11-/m1/s1. The summed E-state index contributed by atoms with van der Waals surface area (Å²) in [4.78, 5) is 2.80. The van der Waals surface area contributed by atoms with E-state index < -0.39 is 0 Å². The van der Waals surface area contributed by atoms with Gasteiger partial charge in [-0.3, -0.25) is 0 Å². The zero-order chi connectivity index (χ0) is 10.7. The second kappa shape index (κ2) is 4.42. The van der Waals surface area contributed by atoms with Crippen molar-refractivity contribution in [3.05, 3.63) is 10.4 Å². The molecule has 0 N–H and O–H groups in total. The highest BCUT2D eigenvalue weighted by atomic mass is 16.5. The van der Waals surface area contributed by atoms with Gasteiger partial charge in [0.1, 0.15) is 0 Å². The van der Waals surface area contributed by atoms with Crippen molar-refractivity contribution in [1.82, 2.24) is 0 Å². The molecule has 0 bridgehead atoms. The average Bonchev–Trinajstić information content (AvgIpc) is 2.84. The molecule has 0 aromatic carbocycles. The minimum Gasteiger partial charge on any atom is -0.371 e. The number of ether oxygens (including phenoxy) is 1. The lowest BCUT2D eigenvalue weighted by Crippen LogP contribution is -2.33.